The van der Waals surface area contributed by atoms with Crippen LogP contribution in [0.15, 0.2) is 30.9 Å². The van der Waals surface area contributed by atoms with Crippen LogP contribution in [0.2, 0.25) is 0 Å². The van der Waals surface area contributed by atoms with E-state index in [1.165, 1.54) is 6.42 Å². The molecule has 0 radical (unpaired) electrons. The minimum atomic E-state index is 0.543. The Morgan fingerprint density at radius 3 is 2.71 bits per heavy atom. The van der Waals surface area contributed by atoms with Crippen molar-refractivity contribution in [2.45, 2.75) is 39.3 Å². The van der Waals surface area contributed by atoms with Gasteiger partial charge in [-0.2, -0.15) is 0 Å². The van der Waals surface area contributed by atoms with Crippen LogP contribution < -0.4 is 5.73 Å². The quantitative estimate of drug-likeness (QED) is 0.795. The van der Waals surface area contributed by atoms with Crippen molar-refractivity contribution in [3.8, 4) is 11.3 Å². The maximum absolute atomic E-state index is 5.63. The summed E-state index contributed by atoms with van der Waals surface area (Å²) in [5.41, 5.74) is 7.78. The van der Waals surface area contributed by atoms with E-state index in [1.807, 2.05) is 24.7 Å². The Morgan fingerprint density at radius 2 is 2.05 bits per heavy atom. The average Bonchev–Trinajstić information content (AvgIpc) is 2.92. The summed E-state index contributed by atoms with van der Waals surface area (Å²) in [4.78, 5) is 10.8. The highest BCUT2D eigenvalue weighted by Crippen LogP contribution is 2.19. The van der Waals surface area contributed by atoms with E-state index in [9.17, 15) is 0 Å². The summed E-state index contributed by atoms with van der Waals surface area (Å²) in [6.45, 7) is 6.56. The molecule has 0 saturated carbocycles. The number of nitrogen functional groups attached to an aromatic ring is 1. The van der Waals surface area contributed by atoms with Gasteiger partial charge in [0.05, 0.1) is 18.2 Å². The van der Waals surface area contributed by atoms with Gasteiger partial charge in [0.15, 0.2) is 0 Å². The summed E-state index contributed by atoms with van der Waals surface area (Å²) in [5, 5.41) is 0. The van der Waals surface area contributed by atoms with Gasteiger partial charge in [-0.15, -0.1) is 0 Å². The minimum absolute atomic E-state index is 0.543. The normalized spacial score (nSPS) is 11.5. The topological polar surface area (TPSA) is 60.0 Å². The monoisotopic (exact) mass is 287 g/mol. The van der Waals surface area contributed by atoms with Crippen molar-refractivity contribution < 1.29 is 0 Å². The predicted molar refractivity (Wildman–Crippen MR) is 86.9 cm³/mol. The van der Waals surface area contributed by atoms with E-state index < -0.39 is 0 Å². The molecule has 114 valence electrons. The SMILES string of the molecule is CC(C)N(C)CCCCn1cncc1-c1ccc(N)nc1. The van der Waals surface area contributed by atoms with E-state index in [2.05, 4.69) is 40.3 Å². The molecule has 0 amide bonds. The number of pyridine rings is 1. The Bertz CT molecular complexity index is 544. The van der Waals surface area contributed by atoms with Gasteiger partial charge >= 0.3 is 0 Å². The summed E-state index contributed by atoms with van der Waals surface area (Å²) >= 11 is 0. The Labute approximate surface area is 126 Å². The molecule has 5 heteroatoms. The van der Waals surface area contributed by atoms with E-state index in [-0.39, 0.29) is 0 Å². The second-order valence-electron chi connectivity index (χ2n) is 5.73. The molecule has 5 nitrogen and oxygen atoms in total. The number of imidazole rings is 1. The number of nitrogens with two attached hydrogens (primary N) is 1. The van der Waals surface area contributed by atoms with E-state index in [4.69, 9.17) is 5.73 Å². The summed E-state index contributed by atoms with van der Waals surface area (Å²) in [6, 6.07) is 4.42. The standard InChI is InChI=1S/C16H25N5/c1-13(2)20(3)8-4-5-9-21-12-18-11-15(21)14-6-7-16(17)19-10-14/h6-7,10-13H,4-5,8-9H2,1-3H3,(H2,17,19). The van der Waals surface area contributed by atoms with Crippen LogP contribution in [0.5, 0.6) is 0 Å². The largest absolute Gasteiger partial charge is 0.384 e. The van der Waals surface area contributed by atoms with Crippen molar-refractivity contribution >= 4 is 5.82 Å². The fraction of sp³-hybridized carbons (Fsp3) is 0.500. The van der Waals surface area contributed by atoms with E-state index in [1.54, 1.807) is 6.20 Å². The van der Waals surface area contributed by atoms with Crippen LogP contribution in [0.1, 0.15) is 26.7 Å². The third kappa shape index (κ3) is 4.29. The number of anilines is 1. The summed E-state index contributed by atoms with van der Waals surface area (Å²) < 4.78 is 2.18. The van der Waals surface area contributed by atoms with Gasteiger partial charge in [-0.25, -0.2) is 9.97 Å². The van der Waals surface area contributed by atoms with Crippen molar-refractivity contribution in [1.29, 1.82) is 0 Å². The molecule has 0 atom stereocenters. The second-order valence-corrected chi connectivity index (χ2v) is 5.73. The van der Waals surface area contributed by atoms with Crippen molar-refractivity contribution in [3.05, 3.63) is 30.9 Å². The first-order chi connectivity index (χ1) is 10.1. The average molecular weight is 287 g/mol. The molecule has 0 spiro atoms. The third-order valence-corrected chi connectivity index (χ3v) is 3.84. The first kappa shape index (κ1) is 15.5. The molecule has 2 aromatic rings. The fourth-order valence-corrected chi connectivity index (χ4v) is 2.20. The lowest BCUT2D eigenvalue weighted by Gasteiger charge is -2.20. The van der Waals surface area contributed by atoms with E-state index >= 15 is 0 Å². The number of hydrogen-bond donors (Lipinski definition) is 1. The van der Waals surface area contributed by atoms with Gasteiger partial charge in [0.2, 0.25) is 0 Å². The van der Waals surface area contributed by atoms with Crippen LogP contribution in [0.25, 0.3) is 11.3 Å². The van der Waals surface area contributed by atoms with Gasteiger partial charge in [-0.05, 0) is 52.4 Å². The molecule has 0 fully saturated rings. The van der Waals surface area contributed by atoms with Crippen LogP contribution in [0.4, 0.5) is 5.82 Å². The Balaban J connectivity index is 1.90. The lowest BCUT2D eigenvalue weighted by Crippen LogP contribution is -2.27. The first-order valence-corrected chi connectivity index (χ1v) is 7.50. The van der Waals surface area contributed by atoms with Crippen LogP contribution in [0.3, 0.4) is 0 Å². The zero-order chi connectivity index (χ0) is 15.2. The van der Waals surface area contributed by atoms with E-state index in [0.29, 0.717) is 11.9 Å². The van der Waals surface area contributed by atoms with Gasteiger partial charge in [-0.3, -0.25) is 0 Å². The predicted octanol–water partition coefficient (Wildman–Crippen LogP) is 2.65. The zero-order valence-electron chi connectivity index (χ0n) is 13.2. The lowest BCUT2D eigenvalue weighted by atomic mass is 10.2. The number of unbranched alkanes of at least 4 members (excludes halogenated alkanes) is 1. The Morgan fingerprint density at radius 1 is 1.24 bits per heavy atom. The highest BCUT2D eigenvalue weighted by molar-refractivity contribution is 5.59. The van der Waals surface area contributed by atoms with E-state index in [0.717, 1.165) is 30.8 Å². The van der Waals surface area contributed by atoms with Gasteiger partial charge < -0.3 is 15.2 Å². The number of nitrogens with zero attached hydrogens (tertiary/aromatic N) is 4. The van der Waals surface area contributed by atoms with Crippen LogP contribution in [-0.4, -0.2) is 39.1 Å². The second kappa shape index (κ2) is 7.22. The molecule has 0 unspecified atom stereocenters. The summed E-state index contributed by atoms with van der Waals surface area (Å²) in [7, 11) is 2.17. The highest BCUT2D eigenvalue weighted by Gasteiger charge is 2.06. The molecule has 2 heterocycles. The van der Waals surface area contributed by atoms with Crippen LogP contribution >= 0.6 is 0 Å². The number of aromatic nitrogens is 3. The number of hydrogen-bond acceptors (Lipinski definition) is 4. The van der Waals surface area contributed by atoms with Crippen molar-refractivity contribution in [2.24, 2.45) is 0 Å². The zero-order valence-corrected chi connectivity index (χ0v) is 13.2. The molecular weight excluding hydrogens is 262 g/mol. The lowest BCUT2D eigenvalue weighted by molar-refractivity contribution is 0.266. The molecule has 0 aliphatic carbocycles. The summed E-state index contributed by atoms with van der Waals surface area (Å²) in [6.07, 6.45) is 7.90. The molecule has 0 aliphatic heterocycles. The molecule has 2 rings (SSSR count). The molecule has 2 aromatic heterocycles. The first-order valence-electron chi connectivity index (χ1n) is 7.50. The van der Waals surface area contributed by atoms with Gasteiger partial charge in [0.1, 0.15) is 5.82 Å². The number of aryl methyl sites for hydroxylation is 1. The molecule has 21 heavy (non-hydrogen) atoms. The van der Waals surface area contributed by atoms with Crippen molar-refractivity contribution in [3.63, 3.8) is 0 Å². The van der Waals surface area contributed by atoms with Gasteiger partial charge in [-0.1, -0.05) is 0 Å². The fourth-order valence-electron chi connectivity index (χ4n) is 2.20. The molecular formula is C16H25N5. The van der Waals surface area contributed by atoms with Crippen LogP contribution in [0, 0.1) is 0 Å². The Kier molecular flexibility index (Phi) is 5.33. The highest BCUT2D eigenvalue weighted by atomic mass is 15.1. The van der Waals surface area contributed by atoms with Crippen molar-refractivity contribution in [1.82, 2.24) is 19.4 Å². The molecule has 0 aromatic carbocycles. The minimum Gasteiger partial charge on any atom is -0.384 e. The third-order valence-electron chi connectivity index (χ3n) is 3.84. The van der Waals surface area contributed by atoms with Gasteiger partial charge in [0, 0.05) is 24.3 Å². The summed E-state index contributed by atoms with van der Waals surface area (Å²) in [5.74, 6) is 0.543. The van der Waals surface area contributed by atoms with Crippen molar-refractivity contribution in [2.75, 3.05) is 19.3 Å². The molecule has 0 aliphatic rings. The van der Waals surface area contributed by atoms with Crippen LogP contribution in [-0.2, 0) is 6.54 Å². The molecule has 0 bridgehead atoms. The maximum Gasteiger partial charge on any atom is 0.123 e. The maximum atomic E-state index is 5.63. The smallest absolute Gasteiger partial charge is 0.123 e. The van der Waals surface area contributed by atoms with Gasteiger partial charge in [0.25, 0.3) is 0 Å². The molecule has 2 N–H and O–H groups in total. The Hall–Kier alpha value is -1.88. The molecule has 0 saturated heterocycles. The number of rotatable bonds is 7.